The molecule has 206 valence electrons. The molecule has 0 aliphatic heterocycles. The van der Waals surface area contributed by atoms with Gasteiger partial charge in [0.15, 0.2) is 15.2 Å². The van der Waals surface area contributed by atoms with Gasteiger partial charge in [-0.25, -0.2) is 17.8 Å². The Balaban J connectivity index is 0.00000533. The van der Waals surface area contributed by atoms with E-state index in [0.29, 0.717) is 28.5 Å². The fourth-order valence-electron chi connectivity index (χ4n) is 4.40. The van der Waals surface area contributed by atoms with Gasteiger partial charge >= 0.3 is 29.6 Å². The number of halogens is 1. The third-order valence-corrected chi connectivity index (χ3v) is 7.34. The summed E-state index contributed by atoms with van der Waals surface area (Å²) in [7, 11) is -3.62. The number of aliphatic carboxylic acids is 1. The van der Waals surface area contributed by atoms with Crippen LogP contribution in [0.1, 0.15) is 55.8 Å². The first-order valence-electron chi connectivity index (χ1n) is 12.3. The molecule has 0 fully saturated rings. The number of carbonyl (C=O) groups excluding carboxylic acids is 1. The Morgan fingerprint density at radius 1 is 1.08 bits per heavy atom. The first kappa shape index (κ1) is 32.9. The van der Waals surface area contributed by atoms with Gasteiger partial charge in [0.2, 0.25) is 5.95 Å². The Morgan fingerprint density at radius 2 is 1.69 bits per heavy atom. The third kappa shape index (κ3) is 9.12. The maximum Gasteiger partial charge on any atom is 1.00 e. The summed E-state index contributed by atoms with van der Waals surface area (Å²) in [6.45, 7) is 3.81. The van der Waals surface area contributed by atoms with Crippen molar-refractivity contribution < 1.29 is 62.5 Å². The summed E-state index contributed by atoms with van der Waals surface area (Å²) >= 11 is 0. The number of sulfone groups is 1. The molecule has 0 amide bonds. The predicted molar refractivity (Wildman–Crippen MR) is 140 cm³/mol. The fourth-order valence-corrected chi connectivity index (χ4v) is 5.37. The van der Waals surface area contributed by atoms with Crippen molar-refractivity contribution in [3.05, 3.63) is 71.7 Å². The number of hydrogen-bond acceptors (Lipinski definition) is 8. The van der Waals surface area contributed by atoms with E-state index in [9.17, 15) is 32.9 Å². The molecule has 3 atom stereocenters. The van der Waals surface area contributed by atoms with E-state index < -0.39 is 45.6 Å². The molecule has 3 rings (SSSR count). The second-order valence-electron chi connectivity index (χ2n) is 9.62. The van der Waals surface area contributed by atoms with Gasteiger partial charge in [-0.05, 0) is 62.9 Å². The zero-order valence-corrected chi connectivity index (χ0v) is 25.4. The Bertz CT molecular complexity index is 1330. The first-order chi connectivity index (χ1) is 17.9. The number of nitrogens with zero attached hydrogens (tertiary/aromatic N) is 2. The van der Waals surface area contributed by atoms with Gasteiger partial charge in [0.25, 0.3) is 0 Å². The van der Waals surface area contributed by atoms with Crippen molar-refractivity contribution >= 4 is 21.8 Å². The van der Waals surface area contributed by atoms with Crippen LogP contribution in [0.5, 0.6) is 0 Å². The summed E-state index contributed by atoms with van der Waals surface area (Å²) in [6.07, 6.45) is -1.41. The molecule has 0 radical (unpaired) electrons. The standard InChI is InChI=1S/C27H34FN3O6S.Na/c1-17(2)31-23(14-13-21(32)15-22(33)16-24(34)35)25(18-9-11-20(28)12-10-18)29-27(31)30-26(38(3,36)37)19-7-5-4-6-8-19;/h4-12,17,21-22,26,32-33H,13-16H2,1-3H3,(H,29,30)(H,34,35);/q;+1/p-1/t21-,22-,26?;/m1./s1. The average molecular weight is 570 g/mol. The van der Waals surface area contributed by atoms with Crippen molar-refractivity contribution in [2.24, 2.45) is 0 Å². The zero-order valence-electron chi connectivity index (χ0n) is 22.5. The van der Waals surface area contributed by atoms with E-state index >= 15 is 0 Å². The minimum absolute atomic E-state index is 0. The minimum atomic E-state index is -3.62. The number of benzene rings is 2. The van der Waals surface area contributed by atoms with Crippen molar-refractivity contribution in [1.29, 1.82) is 0 Å². The molecule has 3 N–H and O–H groups in total. The number of carboxylic acids is 1. The monoisotopic (exact) mass is 569 g/mol. The van der Waals surface area contributed by atoms with Crippen LogP contribution in [0.15, 0.2) is 54.6 Å². The number of rotatable bonds is 13. The van der Waals surface area contributed by atoms with E-state index in [2.05, 4.69) is 5.32 Å². The van der Waals surface area contributed by atoms with Crippen molar-refractivity contribution in [3.8, 4) is 11.3 Å². The summed E-state index contributed by atoms with van der Waals surface area (Å²) in [5.74, 6) is -1.54. The van der Waals surface area contributed by atoms with E-state index in [1.165, 1.54) is 12.1 Å². The third-order valence-electron chi connectivity index (χ3n) is 6.10. The summed E-state index contributed by atoms with van der Waals surface area (Å²) in [4.78, 5) is 15.5. The van der Waals surface area contributed by atoms with Crippen LogP contribution < -0.4 is 40.0 Å². The molecule has 39 heavy (non-hydrogen) atoms. The van der Waals surface area contributed by atoms with Gasteiger partial charge in [0.1, 0.15) is 5.82 Å². The normalized spacial score (nSPS) is 13.9. The largest absolute Gasteiger partial charge is 1.00 e. The molecular weight excluding hydrogens is 536 g/mol. The van der Waals surface area contributed by atoms with Gasteiger partial charge in [-0.15, -0.1) is 0 Å². The number of carbonyl (C=O) groups is 1. The van der Waals surface area contributed by atoms with Gasteiger partial charge in [-0.2, -0.15) is 0 Å². The topological polar surface area (TPSA) is 145 Å². The number of carboxylic acid groups (broad SMARTS) is 1. The molecule has 3 aromatic rings. The molecule has 1 heterocycles. The van der Waals surface area contributed by atoms with E-state index in [4.69, 9.17) is 4.98 Å². The maximum atomic E-state index is 13.7. The van der Waals surface area contributed by atoms with Crippen molar-refractivity contribution in [1.82, 2.24) is 9.55 Å². The van der Waals surface area contributed by atoms with Crippen molar-refractivity contribution in [3.63, 3.8) is 0 Å². The molecule has 0 aliphatic rings. The number of anilines is 1. The van der Waals surface area contributed by atoms with Crippen LogP contribution in [0.2, 0.25) is 0 Å². The quantitative estimate of drug-likeness (QED) is 0.236. The van der Waals surface area contributed by atoms with Crippen LogP contribution in [-0.2, 0) is 21.1 Å². The summed E-state index contributed by atoms with van der Waals surface area (Å²) in [5.41, 5.74) is 2.30. The smallest absolute Gasteiger partial charge is 0.550 e. The SMILES string of the molecule is CC(C)n1c(NC(c2ccccc2)S(C)(=O)=O)nc(-c2ccc(F)cc2)c1CC[C@@H](O)C[C@@H](O)CC(=O)[O-].[Na+]. The Morgan fingerprint density at radius 3 is 2.23 bits per heavy atom. The molecule has 2 aromatic carbocycles. The van der Waals surface area contributed by atoms with Gasteiger partial charge in [0, 0.05) is 35.9 Å². The molecule has 12 heteroatoms. The molecule has 1 unspecified atom stereocenters. The summed E-state index contributed by atoms with van der Waals surface area (Å²) in [6, 6.07) is 14.3. The van der Waals surface area contributed by atoms with Gasteiger partial charge in [-0.1, -0.05) is 30.3 Å². The molecule has 0 bridgehead atoms. The van der Waals surface area contributed by atoms with E-state index in [0.717, 1.165) is 6.26 Å². The van der Waals surface area contributed by atoms with Crippen LogP contribution in [0, 0.1) is 5.82 Å². The molecule has 0 saturated carbocycles. The Labute approximate surface area is 250 Å². The van der Waals surface area contributed by atoms with E-state index in [1.807, 2.05) is 18.4 Å². The van der Waals surface area contributed by atoms with Crippen LogP contribution in [0.25, 0.3) is 11.3 Å². The van der Waals surface area contributed by atoms with Gasteiger partial charge in [0.05, 0.1) is 17.9 Å². The van der Waals surface area contributed by atoms with Crippen LogP contribution in [0.4, 0.5) is 10.3 Å². The number of aromatic nitrogens is 2. The summed E-state index contributed by atoms with van der Waals surface area (Å²) in [5, 5.41) is 33.1. The maximum absolute atomic E-state index is 13.7. The number of aliphatic hydroxyl groups is 2. The Hall–Kier alpha value is -2.28. The van der Waals surface area contributed by atoms with Crippen LogP contribution in [0.3, 0.4) is 0 Å². The first-order valence-corrected chi connectivity index (χ1v) is 14.3. The van der Waals surface area contributed by atoms with Crippen LogP contribution in [-0.4, -0.2) is 52.6 Å². The van der Waals surface area contributed by atoms with Crippen molar-refractivity contribution in [2.45, 2.75) is 63.2 Å². The molecular formula is C27H33FN3NaO6S. The minimum Gasteiger partial charge on any atom is -0.550 e. The molecule has 0 spiro atoms. The van der Waals surface area contributed by atoms with E-state index in [-0.39, 0.29) is 54.9 Å². The van der Waals surface area contributed by atoms with Gasteiger partial charge in [-0.3, -0.25) is 0 Å². The molecule has 1 aromatic heterocycles. The second kappa shape index (κ2) is 14.4. The molecule has 9 nitrogen and oxygen atoms in total. The second-order valence-corrected chi connectivity index (χ2v) is 11.8. The number of imidazole rings is 1. The van der Waals surface area contributed by atoms with E-state index in [1.54, 1.807) is 42.5 Å². The fraction of sp³-hybridized carbons (Fsp3) is 0.407. The van der Waals surface area contributed by atoms with Crippen molar-refractivity contribution in [2.75, 3.05) is 11.6 Å². The average Bonchev–Trinajstić information content (AvgIpc) is 3.19. The summed E-state index contributed by atoms with van der Waals surface area (Å²) < 4.78 is 41.0. The Kier molecular flexibility index (Phi) is 12.1. The molecule has 0 aliphatic carbocycles. The number of aliphatic hydroxyl groups excluding tert-OH is 2. The van der Waals surface area contributed by atoms with Gasteiger partial charge < -0.3 is 30.0 Å². The molecule has 0 saturated heterocycles. The number of hydrogen-bond donors (Lipinski definition) is 3. The number of nitrogens with one attached hydrogen (secondary N) is 1. The predicted octanol–water partition coefficient (Wildman–Crippen LogP) is -0.386. The van der Waals surface area contributed by atoms with Crippen LogP contribution >= 0.6 is 0 Å². The zero-order chi connectivity index (χ0) is 28.0.